The molecule has 1 aliphatic heterocycles. The fraction of sp³-hybridized carbons (Fsp3) is 0.273. The number of fused-ring (bicyclic) bond motifs is 1. The number of benzene rings is 1. The largest absolute Gasteiger partial charge is 0.361 e. The van der Waals surface area contributed by atoms with E-state index in [1.165, 1.54) is 11.6 Å². The summed E-state index contributed by atoms with van der Waals surface area (Å²) >= 11 is 0. The number of rotatable bonds is 1. The van der Waals surface area contributed by atoms with Crippen molar-refractivity contribution in [3.63, 3.8) is 0 Å². The van der Waals surface area contributed by atoms with E-state index in [-0.39, 0.29) is 5.82 Å². The summed E-state index contributed by atoms with van der Waals surface area (Å²) in [5.74, 6) is 0.409. The lowest BCUT2D eigenvalue weighted by atomic mass is 9.93. The van der Waals surface area contributed by atoms with Crippen molar-refractivity contribution in [2.75, 3.05) is 13.1 Å². The lowest BCUT2D eigenvalue weighted by molar-refractivity contribution is 0.451. The highest BCUT2D eigenvalue weighted by Crippen LogP contribution is 2.28. The summed E-state index contributed by atoms with van der Waals surface area (Å²) < 4.78 is 12.9. The molecule has 0 spiro atoms. The zero-order valence-corrected chi connectivity index (χ0v) is 7.68. The van der Waals surface area contributed by atoms with Crippen molar-refractivity contribution in [3.05, 3.63) is 35.8 Å². The second-order valence-corrected chi connectivity index (χ2v) is 3.79. The fourth-order valence-electron chi connectivity index (χ4n) is 1.97. The lowest BCUT2D eigenvalue weighted by Gasteiger charge is -2.26. The number of hydrogen-bond donors (Lipinski definition) is 2. The monoisotopic (exact) mass is 190 g/mol. The van der Waals surface area contributed by atoms with Crippen LogP contribution in [0, 0.1) is 5.82 Å². The minimum absolute atomic E-state index is 0.183. The SMILES string of the molecule is Fc1ccc2c(C3CNC3)c[nH]c2c1. The highest BCUT2D eigenvalue weighted by molar-refractivity contribution is 5.83. The molecule has 0 unspecified atom stereocenters. The van der Waals surface area contributed by atoms with Crippen molar-refractivity contribution in [1.29, 1.82) is 0 Å². The van der Waals surface area contributed by atoms with E-state index >= 15 is 0 Å². The Morgan fingerprint density at radius 1 is 1.29 bits per heavy atom. The number of aromatic nitrogens is 1. The lowest BCUT2D eigenvalue weighted by Crippen LogP contribution is -2.39. The van der Waals surface area contributed by atoms with Gasteiger partial charge in [0.05, 0.1) is 0 Å². The van der Waals surface area contributed by atoms with Gasteiger partial charge in [-0.25, -0.2) is 4.39 Å². The zero-order chi connectivity index (χ0) is 9.54. The van der Waals surface area contributed by atoms with Gasteiger partial charge in [-0.15, -0.1) is 0 Å². The first-order chi connectivity index (χ1) is 6.84. The van der Waals surface area contributed by atoms with Crippen molar-refractivity contribution in [2.24, 2.45) is 0 Å². The molecule has 0 bridgehead atoms. The molecule has 2 aromatic rings. The molecule has 0 aliphatic carbocycles. The van der Waals surface area contributed by atoms with Gasteiger partial charge < -0.3 is 10.3 Å². The Morgan fingerprint density at radius 2 is 2.14 bits per heavy atom. The van der Waals surface area contributed by atoms with Crippen LogP contribution in [0.25, 0.3) is 10.9 Å². The molecule has 2 N–H and O–H groups in total. The molecule has 0 radical (unpaired) electrons. The number of aromatic amines is 1. The Kier molecular flexibility index (Phi) is 1.61. The Bertz CT molecular complexity index is 471. The molecule has 1 aromatic heterocycles. The predicted octanol–water partition coefficient (Wildman–Crippen LogP) is 1.99. The first kappa shape index (κ1) is 8.00. The smallest absolute Gasteiger partial charge is 0.125 e. The molecule has 3 rings (SSSR count). The molecule has 3 heteroatoms. The third-order valence-corrected chi connectivity index (χ3v) is 2.90. The average molecular weight is 190 g/mol. The van der Waals surface area contributed by atoms with Crippen molar-refractivity contribution in [2.45, 2.75) is 5.92 Å². The summed E-state index contributed by atoms with van der Waals surface area (Å²) in [7, 11) is 0. The molecule has 1 aliphatic rings. The maximum Gasteiger partial charge on any atom is 0.125 e. The summed E-state index contributed by atoms with van der Waals surface area (Å²) in [6.07, 6.45) is 2.00. The van der Waals surface area contributed by atoms with E-state index in [1.807, 2.05) is 12.3 Å². The fourth-order valence-corrected chi connectivity index (χ4v) is 1.97. The summed E-state index contributed by atoms with van der Waals surface area (Å²) in [6.45, 7) is 2.06. The van der Waals surface area contributed by atoms with Crippen LogP contribution in [-0.2, 0) is 0 Å². The van der Waals surface area contributed by atoms with Crippen LogP contribution in [0.5, 0.6) is 0 Å². The van der Waals surface area contributed by atoms with E-state index in [9.17, 15) is 4.39 Å². The van der Waals surface area contributed by atoms with Gasteiger partial charge in [0.2, 0.25) is 0 Å². The Balaban J connectivity index is 2.16. The number of hydrogen-bond acceptors (Lipinski definition) is 1. The minimum atomic E-state index is -0.183. The van der Waals surface area contributed by atoms with Gasteiger partial charge in [0.25, 0.3) is 0 Å². The molecule has 2 heterocycles. The van der Waals surface area contributed by atoms with E-state index in [0.717, 1.165) is 24.0 Å². The molecular weight excluding hydrogens is 179 g/mol. The Hall–Kier alpha value is -1.35. The van der Waals surface area contributed by atoms with Gasteiger partial charge in [0, 0.05) is 36.1 Å². The van der Waals surface area contributed by atoms with Crippen LogP contribution in [0.3, 0.4) is 0 Å². The summed E-state index contributed by atoms with van der Waals surface area (Å²) in [5.41, 5.74) is 2.20. The molecule has 0 atom stereocenters. The van der Waals surface area contributed by atoms with E-state index < -0.39 is 0 Å². The molecule has 0 amide bonds. The molecular formula is C11H11FN2. The van der Waals surface area contributed by atoms with Crippen molar-refractivity contribution < 1.29 is 4.39 Å². The van der Waals surface area contributed by atoms with Crippen molar-refractivity contribution in [1.82, 2.24) is 10.3 Å². The van der Waals surface area contributed by atoms with Crippen LogP contribution in [0.2, 0.25) is 0 Å². The van der Waals surface area contributed by atoms with E-state index in [2.05, 4.69) is 10.3 Å². The van der Waals surface area contributed by atoms with Crippen LogP contribution >= 0.6 is 0 Å². The predicted molar refractivity (Wildman–Crippen MR) is 53.9 cm³/mol. The Labute approximate surface area is 81.1 Å². The maximum atomic E-state index is 12.9. The Morgan fingerprint density at radius 3 is 2.86 bits per heavy atom. The highest BCUT2D eigenvalue weighted by atomic mass is 19.1. The van der Waals surface area contributed by atoms with E-state index in [4.69, 9.17) is 0 Å². The standard InChI is InChI=1S/C11H11FN2/c12-8-1-2-9-10(7-4-13-5-7)6-14-11(9)3-8/h1-3,6-7,13-14H,4-5H2. The zero-order valence-electron chi connectivity index (χ0n) is 7.68. The quantitative estimate of drug-likeness (QED) is 0.707. The van der Waals surface area contributed by atoms with Gasteiger partial charge in [0.15, 0.2) is 0 Å². The molecule has 2 nitrogen and oxygen atoms in total. The third-order valence-electron chi connectivity index (χ3n) is 2.90. The topological polar surface area (TPSA) is 27.8 Å². The number of H-pyrrole nitrogens is 1. The first-order valence-corrected chi connectivity index (χ1v) is 4.82. The van der Waals surface area contributed by atoms with Crippen LogP contribution in [-0.4, -0.2) is 18.1 Å². The summed E-state index contributed by atoms with van der Waals surface area (Å²) in [6, 6.07) is 4.92. The molecule has 0 saturated carbocycles. The summed E-state index contributed by atoms with van der Waals surface area (Å²) in [5, 5.41) is 4.39. The van der Waals surface area contributed by atoms with Crippen LogP contribution < -0.4 is 5.32 Å². The molecule has 72 valence electrons. The average Bonchev–Trinajstić information content (AvgIpc) is 2.45. The van der Waals surface area contributed by atoms with Gasteiger partial charge in [-0.3, -0.25) is 0 Å². The molecule has 1 fully saturated rings. The third kappa shape index (κ3) is 1.06. The summed E-state index contributed by atoms with van der Waals surface area (Å²) in [4.78, 5) is 3.11. The number of halogens is 1. The van der Waals surface area contributed by atoms with Gasteiger partial charge in [0.1, 0.15) is 5.82 Å². The first-order valence-electron chi connectivity index (χ1n) is 4.82. The van der Waals surface area contributed by atoms with Gasteiger partial charge >= 0.3 is 0 Å². The highest BCUT2D eigenvalue weighted by Gasteiger charge is 2.21. The molecule has 1 aromatic carbocycles. The minimum Gasteiger partial charge on any atom is -0.361 e. The molecule has 14 heavy (non-hydrogen) atoms. The van der Waals surface area contributed by atoms with Crippen molar-refractivity contribution >= 4 is 10.9 Å². The van der Waals surface area contributed by atoms with Gasteiger partial charge in [-0.1, -0.05) is 0 Å². The second kappa shape index (κ2) is 2.82. The van der Waals surface area contributed by atoms with Gasteiger partial charge in [-0.2, -0.15) is 0 Å². The van der Waals surface area contributed by atoms with Crippen LogP contribution in [0.4, 0.5) is 4.39 Å². The van der Waals surface area contributed by atoms with Crippen LogP contribution in [0.1, 0.15) is 11.5 Å². The second-order valence-electron chi connectivity index (χ2n) is 3.79. The number of nitrogens with one attached hydrogen (secondary N) is 2. The van der Waals surface area contributed by atoms with Crippen LogP contribution in [0.15, 0.2) is 24.4 Å². The van der Waals surface area contributed by atoms with Gasteiger partial charge in [-0.05, 0) is 23.8 Å². The molecule has 1 saturated heterocycles. The normalized spacial score (nSPS) is 17.2. The van der Waals surface area contributed by atoms with Crippen molar-refractivity contribution in [3.8, 4) is 0 Å². The van der Waals surface area contributed by atoms with E-state index in [1.54, 1.807) is 6.07 Å². The maximum absolute atomic E-state index is 12.9. The van der Waals surface area contributed by atoms with E-state index in [0.29, 0.717) is 5.92 Å².